The number of halogens is 1. The van der Waals surface area contributed by atoms with E-state index in [1.165, 1.54) is 0 Å². The number of aliphatic hydroxyl groups excluding tert-OH is 1. The maximum Gasteiger partial charge on any atom is 0.237 e. The van der Waals surface area contributed by atoms with Crippen molar-refractivity contribution >= 4 is 17.5 Å². The van der Waals surface area contributed by atoms with Gasteiger partial charge in [-0.2, -0.15) is 0 Å². The number of carbonyl (C=O) groups excluding carboxylic acids is 1. The topological polar surface area (TPSA) is 49.8 Å². The van der Waals surface area contributed by atoms with E-state index in [4.69, 9.17) is 16.3 Å². The fourth-order valence-corrected chi connectivity index (χ4v) is 1.44. The van der Waals surface area contributed by atoms with Crippen LogP contribution >= 0.6 is 11.6 Å². The van der Waals surface area contributed by atoms with Crippen LogP contribution in [0.2, 0.25) is 0 Å². The van der Waals surface area contributed by atoms with E-state index in [-0.39, 0.29) is 24.9 Å². The number of hydrogen-bond acceptors (Lipinski definition) is 3. The molecule has 1 unspecified atom stereocenters. The molecular weight excluding hydrogens is 230 g/mol. The molecule has 5 heteroatoms. The van der Waals surface area contributed by atoms with E-state index in [1.54, 1.807) is 11.0 Å². The van der Waals surface area contributed by atoms with Crippen molar-refractivity contribution in [2.45, 2.75) is 19.4 Å². The monoisotopic (exact) mass is 249 g/mol. The molecule has 0 bridgehead atoms. The highest BCUT2D eigenvalue weighted by atomic mass is 35.5. The van der Waals surface area contributed by atoms with Crippen molar-refractivity contribution in [1.82, 2.24) is 4.90 Å². The standard InChI is InChI=1S/C11H20ClNO3/c1-3-5-13(11(15)7-12)8-10(14)9-16-6-4-2/h4,10,14H,2-3,5-9H2,1H3. The first-order valence-corrected chi connectivity index (χ1v) is 5.89. The van der Waals surface area contributed by atoms with Crippen LogP contribution < -0.4 is 0 Å². The normalized spacial score (nSPS) is 12.2. The van der Waals surface area contributed by atoms with Gasteiger partial charge in [0.15, 0.2) is 0 Å². The van der Waals surface area contributed by atoms with Gasteiger partial charge in [0.2, 0.25) is 5.91 Å². The lowest BCUT2D eigenvalue weighted by Crippen LogP contribution is -2.40. The van der Waals surface area contributed by atoms with Crippen LogP contribution in [0.1, 0.15) is 13.3 Å². The summed E-state index contributed by atoms with van der Waals surface area (Å²) in [6, 6.07) is 0. The average molecular weight is 250 g/mol. The lowest BCUT2D eigenvalue weighted by atomic mass is 10.3. The zero-order valence-corrected chi connectivity index (χ0v) is 10.4. The van der Waals surface area contributed by atoms with Crippen molar-refractivity contribution in [1.29, 1.82) is 0 Å². The highest BCUT2D eigenvalue weighted by molar-refractivity contribution is 6.27. The molecule has 16 heavy (non-hydrogen) atoms. The molecule has 0 radical (unpaired) electrons. The van der Waals surface area contributed by atoms with Gasteiger partial charge in [-0.3, -0.25) is 4.79 Å². The van der Waals surface area contributed by atoms with Crippen molar-refractivity contribution in [2.75, 3.05) is 32.2 Å². The summed E-state index contributed by atoms with van der Waals surface area (Å²) in [5.41, 5.74) is 0. The molecule has 0 aromatic rings. The predicted octanol–water partition coefficient (Wildman–Crippen LogP) is 1.03. The van der Waals surface area contributed by atoms with Crippen molar-refractivity contribution in [3.63, 3.8) is 0 Å². The third-order valence-corrected chi connectivity index (χ3v) is 2.17. The summed E-state index contributed by atoms with van der Waals surface area (Å²) < 4.78 is 5.10. The third-order valence-electron chi connectivity index (χ3n) is 1.94. The molecule has 0 saturated carbocycles. The van der Waals surface area contributed by atoms with Crippen molar-refractivity contribution in [2.24, 2.45) is 0 Å². The van der Waals surface area contributed by atoms with E-state index in [9.17, 15) is 9.90 Å². The minimum atomic E-state index is -0.682. The SMILES string of the molecule is C=CCOCC(O)CN(CCC)C(=O)CCl. The Morgan fingerprint density at radius 1 is 1.69 bits per heavy atom. The maximum absolute atomic E-state index is 11.4. The van der Waals surface area contributed by atoms with Crippen LogP contribution in [-0.2, 0) is 9.53 Å². The highest BCUT2D eigenvalue weighted by Gasteiger charge is 2.15. The summed E-state index contributed by atoms with van der Waals surface area (Å²) in [7, 11) is 0. The smallest absolute Gasteiger partial charge is 0.237 e. The van der Waals surface area contributed by atoms with Crippen molar-refractivity contribution in [3.05, 3.63) is 12.7 Å². The first-order chi connectivity index (χ1) is 7.65. The number of hydrogen-bond donors (Lipinski definition) is 1. The second-order valence-corrected chi connectivity index (χ2v) is 3.72. The third kappa shape index (κ3) is 6.82. The van der Waals surface area contributed by atoms with Crippen LogP contribution in [-0.4, -0.2) is 54.2 Å². The fourth-order valence-electron chi connectivity index (χ4n) is 1.27. The van der Waals surface area contributed by atoms with Crippen LogP contribution in [0.15, 0.2) is 12.7 Å². The summed E-state index contributed by atoms with van der Waals surface area (Å²) >= 11 is 5.48. The zero-order chi connectivity index (χ0) is 12.4. The molecule has 94 valence electrons. The molecule has 1 N–H and O–H groups in total. The van der Waals surface area contributed by atoms with E-state index in [1.807, 2.05) is 6.92 Å². The van der Waals surface area contributed by atoms with Gasteiger partial charge in [0.25, 0.3) is 0 Å². The minimum Gasteiger partial charge on any atom is -0.389 e. The van der Waals surface area contributed by atoms with Gasteiger partial charge in [-0.25, -0.2) is 0 Å². The molecule has 4 nitrogen and oxygen atoms in total. The van der Waals surface area contributed by atoms with Gasteiger partial charge >= 0.3 is 0 Å². The summed E-state index contributed by atoms with van der Waals surface area (Å²) in [5.74, 6) is -0.216. The Balaban J connectivity index is 3.96. The van der Waals surface area contributed by atoms with Crippen LogP contribution in [0.5, 0.6) is 0 Å². The molecule has 0 spiro atoms. The van der Waals surface area contributed by atoms with E-state index >= 15 is 0 Å². The molecule has 0 aliphatic rings. The Morgan fingerprint density at radius 3 is 2.88 bits per heavy atom. The fraction of sp³-hybridized carbons (Fsp3) is 0.727. The summed E-state index contributed by atoms with van der Waals surface area (Å²) in [4.78, 5) is 12.9. The van der Waals surface area contributed by atoms with E-state index in [0.717, 1.165) is 6.42 Å². The zero-order valence-electron chi connectivity index (χ0n) is 9.69. The molecule has 0 rings (SSSR count). The Bertz CT molecular complexity index is 211. The largest absolute Gasteiger partial charge is 0.389 e. The van der Waals surface area contributed by atoms with E-state index in [2.05, 4.69) is 6.58 Å². The second kappa shape index (κ2) is 9.63. The lowest BCUT2D eigenvalue weighted by molar-refractivity contribution is -0.130. The first-order valence-electron chi connectivity index (χ1n) is 5.36. The van der Waals surface area contributed by atoms with Gasteiger partial charge < -0.3 is 14.7 Å². The predicted molar refractivity (Wildman–Crippen MR) is 64.6 cm³/mol. The molecule has 0 aliphatic carbocycles. The van der Waals surface area contributed by atoms with Crippen LogP contribution in [0.25, 0.3) is 0 Å². The summed E-state index contributed by atoms with van der Waals surface area (Å²) in [6.07, 6.45) is 1.77. The van der Waals surface area contributed by atoms with Crippen molar-refractivity contribution in [3.8, 4) is 0 Å². The molecular formula is C11H20ClNO3. The number of nitrogens with zero attached hydrogens (tertiary/aromatic N) is 1. The number of aliphatic hydroxyl groups is 1. The second-order valence-electron chi connectivity index (χ2n) is 3.45. The van der Waals surface area contributed by atoms with Gasteiger partial charge in [-0.05, 0) is 6.42 Å². The molecule has 0 saturated heterocycles. The molecule has 0 heterocycles. The van der Waals surface area contributed by atoms with Crippen LogP contribution in [0, 0.1) is 0 Å². The molecule has 0 aromatic carbocycles. The summed E-state index contributed by atoms with van der Waals surface area (Å²) in [6.45, 7) is 6.92. The number of carbonyl (C=O) groups is 1. The molecule has 0 fully saturated rings. The number of amides is 1. The van der Waals surface area contributed by atoms with Gasteiger partial charge in [0.1, 0.15) is 5.88 Å². The summed E-state index contributed by atoms with van der Waals surface area (Å²) in [5, 5.41) is 9.62. The quantitative estimate of drug-likeness (QED) is 0.377. The van der Waals surface area contributed by atoms with Gasteiger partial charge in [-0.15, -0.1) is 18.2 Å². The Kier molecular flexibility index (Phi) is 9.28. The first kappa shape index (κ1) is 15.4. The Morgan fingerprint density at radius 2 is 2.38 bits per heavy atom. The van der Waals surface area contributed by atoms with Crippen LogP contribution in [0.4, 0.5) is 0 Å². The maximum atomic E-state index is 11.4. The van der Waals surface area contributed by atoms with Gasteiger partial charge in [-0.1, -0.05) is 13.0 Å². The number of alkyl halides is 1. The number of ether oxygens (including phenoxy) is 1. The van der Waals surface area contributed by atoms with Gasteiger partial charge in [0.05, 0.1) is 19.3 Å². The Hall–Kier alpha value is -0.580. The average Bonchev–Trinajstić information content (AvgIpc) is 2.28. The Labute approximate surface area is 102 Å². The van der Waals surface area contributed by atoms with E-state index in [0.29, 0.717) is 13.2 Å². The molecule has 1 atom stereocenters. The lowest BCUT2D eigenvalue weighted by Gasteiger charge is -2.24. The molecule has 0 aromatic heterocycles. The highest BCUT2D eigenvalue weighted by Crippen LogP contribution is 1.98. The molecule has 0 aliphatic heterocycles. The van der Waals surface area contributed by atoms with E-state index < -0.39 is 6.10 Å². The van der Waals surface area contributed by atoms with Gasteiger partial charge in [0, 0.05) is 13.1 Å². The van der Waals surface area contributed by atoms with Crippen LogP contribution in [0.3, 0.4) is 0 Å². The molecule has 1 amide bonds. The van der Waals surface area contributed by atoms with Crippen molar-refractivity contribution < 1.29 is 14.6 Å². The minimum absolute atomic E-state index is 0.0553. The number of rotatable bonds is 9.